The van der Waals surface area contributed by atoms with E-state index in [1.807, 2.05) is 6.07 Å². The monoisotopic (exact) mass is 298 g/mol. The van der Waals surface area contributed by atoms with Crippen LogP contribution in [0, 0.1) is 0 Å². The van der Waals surface area contributed by atoms with Crippen molar-refractivity contribution in [3.05, 3.63) is 12.1 Å². The molecule has 6 nitrogen and oxygen atoms in total. The van der Waals surface area contributed by atoms with E-state index in [0.717, 1.165) is 5.69 Å². The molecule has 3 N–H and O–H groups in total. The molecule has 0 aliphatic carbocycles. The second-order valence-corrected chi connectivity index (χ2v) is 7.46. The van der Waals surface area contributed by atoms with Crippen LogP contribution in [0.2, 0.25) is 0 Å². The third-order valence-electron chi connectivity index (χ3n) is 3.63. The molecule has 0 aromatic heterocycles. The first-order valence-electron chi connectivity index (χ1n) is 6.69. The molecule has 0 amide bonds. The minimum Gasteiger partial charge on any atom is -0.486 e. The van der Waals surface area contributed by atoms with Crippen molar-refractivity contribution >= 4 is 21.2 Å². The fraction of sp³-hybridized carbons (Fsp3) is 0.538. The number of nitrogens with one attached hydrogen (secondary N) is 1. The van der Waals surface area contributed by atoms with Crippen LogP contribution in [0.5, 0.6) is 11.5 Å². The Morgan fingerprint density at radius 1 is 1.10 bits per heavy atom. The summed E-state index contributed by atoms with van der Waals surface area (Å²) in [5, 5.41) is 3.31. The van der Waals surface area contributed by atoms with Crippen LogP contribution in [0.3, 0.4) is 0 Å². The van der Waals surface area contributed by atoms with E-state index in [9.17, 15) is 8.42 Å². The van der Waals surface area contributed by atoms with Crippen LogP contribution in [-0.2, 0) is 9.84 Å². The number of hydrogen-bond acceptors (Lipinski definition) is 6. The molecule has 0 atom stereocenters. The summed E-state index contributed by atoms with van der Waals surface area (Å²) in [7, 11) is -2.85. The van der Waals surface area contributed by atoms with Gasteiger partial charge < -0.3 is 20.5 Å². The average Bonchev–Trinajstić information content (AvgIpc) is 2.42. The Balaban J connectivity index is 1.74. The fourth-order valence-corrected chi connectivity index (χ4v) is 3.98. The Hall–Kier alpha value is -1.63. The summed E-state index contributed by atoms with van der Waals surface area (Å²) in [5.41, 5.74) is 7.36. The standard InChI is InChI=1S/C13H18N2O4S/c14-10-7-12-13(19-4-3-18-12)8-11(10)15-9-1-5-20(16,17)6-2-9/h7-9,15H,1-6,14H2. The summed E-state index contributed by atoms with van der Waals surface area (Å²) in [4.78, 5) is 0. The highest BCUT2D eigenvalue weighted by Crippen LogP contribution is 2.37. The number of nitrogen functional groups attached to an aromatic ring is 1. The van der Waals surface area contributed by atoms with Crippen molar-refractivity contribution < 1.29 is 17.9 Å². The third kappa shape index (κ3) is 2.77. The van der Waals surface area contributed by atoms with Crippen molar-refractivity contribution in [3.63, 3.8) is 0 Å². The number of hydrogen-bond donors (Lipinski definition) is 2. The largest absolute Gasteiger partial charge is 0.486 e. The number of sulfone groups is 1. The van der Waals surface area contributed by atoms with Crippen LogP contribution in [-0.4, -0.2) is 39.2 Å². The van der Waals surface area contributed by atoms with E-state index < -0.39 is 9.84 Å². The number of anilines is 2. The molecule has 1 aromatic rings. The molecule has 7 heteroatoms. The molecule has 2 aliphatic heterocycles. The molecule has 0 radical (unpaired) electrons. The number of nitrogens with two attached hydrogens (primary N) is 1. The molecule has 1 fully saturated rings. The molecule has 2 aliphatic rings. The van der Waals surface area contributed by atoms with Gasteiger partial charge in [0, 0.05) is 18.2 Å². The maximum atomic E-state index is 11.4. The van der Waals surface area contributed by atoms with Gasteiger partial charge in [-0.3, -0.25) is 0 Å². The first-order valence-corrected chi connectivity index (χ1v) is 8.52. The van der Waals surface area contributed by atoms with E-state index in [4.69, 9.17) is 15.2 Å². The second-order valence-electron chi connectivity index (χ2n) is 5.15. The number of rotatable bonds is 2. The van der Waals surface area contributed by atoms with Gasteiger partial charge in [-0.1, -0.05) is 0 Å². The predicted molar refractivity (Wildman–Crippen MR) is 77.1 cm³/mol. The molecular formula is C13H18N2O4S. The summed E-state index contributed by atoms with van der Waals surface area (Å²) in [5.74, 6) is 1.80. The lowest BCUT2D eigenvalue weighted by Crippen LogP contribution is -2.32. The van der Waals surface area contributed by atoms with E-state index in [0.29, 0.717) is 43.2 Å². The van der Waals surface area contributed by atoms with Crippen molar-refractivity contribution in [2.24, 2.45) is 0 Å². The van der Waals surface area contributed by atoms with Crippen molar-refractivity contribution in [3.8, 4) is 11.5 Å². The zero-order valence-electron chi connectivity index (χ0n) is 11.1. The van der Waals surface area contributed by atoms with Crippen molar-refractivity contribution in [1.82, 2.24) is 0 Å². The van der Waals surface area contributed by atoms with Crippen LogP contribution in [0.1, 0.15) is 12.8 Å². The summed E-state index contributed by atoms with van der Waals surface area (Å²) in [6.45, 7) is 1.05. The van der Waals surface area contributed by atoms with Crippen LogP contribution in [0.4, 0.5) is 11.4 Å². The molecule has 1 aromatic carbocycles. The topological polar surface area (TPSA) is 90.7 Å². The number of fused-ring (bicyclic) bond motifs is 1. The molecule has 0 bridgehead atoms. The van der Waals surface area contributed by atoms with E-state index >= 15 is 0 Å². The molecular weight excluding hydrogens is 280 g/mol. The minimum atomic E-state index is -2.85. The van der Waals surface area contributed by atoms with Gasteiger partial charge in [-0.25, -0.2) is 8.42 Å². The lowest BCUT2D eigenvalue weighted by Gasteiger charge is -2.26. The molecule has 0 unspecified atom stereocenters. The van der Waals surface area contributed by atoms with Crippen molar-refractivity contribution in [1.29, 1.82) is 0 Å². The average molecular weight is 298 g/mol. The van der Waals surface area contributed by atoms with Gasteiger partial charge >= 0.3 is 0 Å². The van der Waals surface area contributed by atoms with E-state index in [-0.39, 0.29) is 17.5 Å². The van der Waals surface area contributed by atoms with E-state index in [2.05, 4.69) is 5.32 Å². The first-order chi connectivity index (χ1) is 9.53. The highest BCUT2D eigenvalue weighted by molar-refractivity contribution is 7.91. The number of ether oxygens (including phenoxy) is 2. The van der Waals surface area contributed by atoms with Gasteiger partial charge in [0.05, 0.1) is 22.9 Å². The molecule has 2 heterocycles. The van der Waals surface area contributed by atoms with Crippen molar-refractivity contribution in [2.75, 3.05) is 35.8 Å². The lowest BCUT2D eigenvalue weighted by atomic mass is 10.1. The van der Waals surface area contributed by atoms with Gasteiger partial charge in [0.15, 0.2) is 11.5 Å². The summed E-state index contributed by atoms with van der Waals surface area (Å²) in [6.07, 6.45) is 1.21. The molecule has 1 saturated heterocycles. The summed E-state index contributed by atoms with van der Waals surface area (Å²) < 4.78 is 33.8. The highest BCUT2D eigenvalue weighted by Gasteiger charge is 2.24. The van der Waals surface area contributed by atoms with E-state index in [1.54, 1.807) is 6.07 Å². The normalized spacial score (nSPS) is 21.4. The zero-order valence-corrected chi connectivity index (χ0v) is 11.9. The predicted octanol–water partition coefficient (Wildman–Crippen LogP) is 1.03. The van der Waals surface area contributed by atoms with E-state index in [1.165, 1.54) is 0 Å². The van der Waals surface area contributed by atoms with Crippen molar-refractivity contribution in [2.45, 2.75) is 18.9 Å². The zero-order chi connectivity index (χ0) is 14.2. The minimum absolute atomic E-state index is 0.128. The second kappa shape index (κ2) is 5.05. The fourth-order valence-electron chi connectivity index (χ4n) is 2.48. The van der Waals surface area contributed by atoms with Crippen LogP contribution < -0.4 is 20.5 Å². The van der Waals surface area contributed by atoms with Gasteiger partial charge in [0.25, 0.3) is 0 Å². The van der Waals surface area contributed by atoms with Crippen LogP contribution >= 0.6 is 0 Å². The Labute approximate surface area is 118 Å². The van der Waals surface area contributed by atoms with Gasteiger partial charge in [0.1, 0.15) is 23.1 Å². The first kappa shape index (κ1) is 13.4. The highest BCUT2D eigenvalue weighted by atomic mass is 32.2. The SMILES string of the molecule is Nc1cc2c(cc1NC1CCS(=O)(=O)CC1)OCCO2. The Morgan fingerprint density at radius 2 is 1.70 bits per heavy atom. The molecule has 0 saturated carbocycles. The Kier molecular flexibility index (Phi) is 3.37. The Morgan fingerprint density at radius 3 is 2.35 bits per heavy atom. The molecule has 110 valence electrons. The summed E-state index contributed by atoms with van der Waals surface area (Å²) in [6, 6.07) is 3.70. The van der Waals surface area contributed by atoms with Crippen LogP contribution in [0.25, 0.3) is 0 Å². The molecule has 20 heavy (non-hydrogen) atoms. The van der Waals surface area contributed by atoms with Gasteiger partial charge in [0.2, 0.25) is 0 Å². The van der Waals surface area contributed by atoms with Gasteiger partial charge in [-0.05, 0) is 12.8 Å². The smallest absolute Gasteiger partial charge is 0.163 e. The van der Waals surface area contributed by atoms with Gasteiger partial charge in [-0.2, -0.15) is 0 Å². The maximum Gasteiger partial charge on any atom is 0.163 e. The summed E-state index contributed by atoms with van der Waals surface area (Å²) >= 11 is 0. The van der Waals surface area contributed by atoms with Crippen LogP contribution in [0.15, 0.2) is 12.1 Å². The number of benzene rings is 1. The Bertz CT molecular complexity index is 601. The van der Waals surface area contributed by atoms with Gasteiger partial charge in [-0.15, -0.1) is 0 Å². The lowest BCUT2D eigenvalue weighted by molar-refractivity contribution is 0.172. The maximum absolute atomic E-state index is 11.4. The molecule has 0 spiro atoms. The molecule has 3 rings (SSSR count). The third-order valence-corrected chi connectivity index (χ3v) is 5.34. The quantitative estimate of drug-likeness (QED) is 0.793.